The van der Waals surface area contributed by atoms with Crippen molar-refractivity contribution in [1.82, 2.24) is 9.88 Å². The van der Waals surface area contributed by atoms with Gasteiger partial charge < -0.3 is 15.7 Å². The van der Waals surface area contributed by atoms with Crippen LogP contribution in [0.3, 0.4) is 0 Å². The maximum Gasteiger partial charge on any atom is 0.0718 e. The lowest BCUT2D eigenvalue weighted by atomic mass is 10.1. The average molecular weight is 278 g/mol. The van der Waals surface area contributed by atoms with Gasteiger partial charge in [-0.1, -0.05) is 0 Å². The van der Waals surface area contributed by atoms with Crippen molar-refractivity contribution in [1.29, 1.82) is 0 Å². The second-order valence-electron chi connectivity index (χ2n) is 6.31. The lowest BCUT2D eigenvalue weighted by Gasteiger charge is -2.38. The molecule has 1 aliphatic rings. The molecular formula is C15H26N4O. The van der Waals surface area contributed by atoms with Gasteiger partial charge in [0.25, 0.3) is 0 Å². The summed E-state index contributed by atoms with van der Waals surface area (Å²) >= 11 is 0. The normalized spacial score (nSPS) is 19.1. The van der Waals surface area contributed by atoms with Crippen molar-refractivity contribution in [3.05, 3.63) is 24.0 Å². The quantitative estimate of drug-likeness (QED) is 0.860. The van der Waals surface area contributed by atoms with Gasteiger partial charge in [0.15, 0.2) is 0 Å². The molecule has 2 heterocycles. The molecule has 3 N–H and O–H groups in total. The highest BCUT2D eigenvalue weighted by Gasteiger charge is 2.22. The number of piperazine rings is 1. The number of pyridine rings is 1. The third kappa shape index (κ3) is 4.16. The zero-order chi connectivity index (χ0) is 14.8. The van der Waals surface area contributed by atoms with Crippen LogP contribution < -0.4 is 10.6 Å². The van der Waals surface area contributed by atoms with Gasteiger partial charge in [-0.05, 0) is 32.9 Å². The van der Waals surface area contributed by atoms with Crippen molar-refractivity contribution in [2.45, 2.75) is 32.4 Å². The molecule has 1 aliphatic heterocycles. The first kappa shape index (κ1) is 15.2. The first-order valence-electron chi connectivity index (χ1n) is 7.26. The van der Waals surface area contributed by atoms with Gasteiger partial charge >= 0.3 is 0 Å². The molecule has 1 atom stereocenters. The Morgan fingerprint density at radius 2 is 1.95 bits per heavy atom. The third-order valence-electron chi connectivity index (χ3n) is 3.59. The molecule has 0 aromatic carbocycles. The molecule has 0 aliphatic carbocycles. The second-order valence-corrected chi connectivity index (χ2v) is 6.31. The number of aliphatic hydroxyl groups is 1. The molecule has 1 saturated heterocycles. The maximum atomic E-state index is 9.86. The maximum absolute atomic E-state index is 9.86. The summed E-state index contributed by atoms with van der Waals surface area (Å²) in [7, 11) is 0. The predicted octanol–water partition coefficient (Wildman–Crippen LogP) is 0.994. The Morgan fingerprint density at radius 3 is 2.40 bits per heavy atom. The largest absolute Gasteiger partial charge is 0.389 e. The number of hydrogen-bond donors (Lipinski definition) is 2. The van der Waals surface area contributed by atoms with Crippen LogP contribution in [0.25, 0.3) is 0 Å². The second kappa shape index (κ2) is 6.08. The molecular weight excluding hydrogens is 252 g/mol. The van der Waals surface area contributed by atoms with E-state index in [0.29, 0.717) is 0 Å². The van der Waals surface area contributed by atoms with Crippen LogP contribution in [-0.2, 0) is 0 Å². The van der Waals surface area contributed by atoms with E-state index in [1.54, 1.807) is 0 Å². The van der Waals surface area contributed by atoms with Crippen LogP contribution in [0.15, 0.2) is 18.3 Å². The molecule has 5 nitrogen and oxygen atoms in total. The van der Waals surface area contributed by atoms with E-state index in [-0.39, 0.29) is 6.04 Å². The van der Waals surface area contributed by atoms with Gasteiger partial charge in [-0.15, -0.1) is 0 Å². The Hall–Kier alpha value is -1.17. The van der Waals surface area contributed by atoms with Crippen molar-refractivity contribution in [2.24, 2.45) is 5.73 Å². The fourth-order valence-electron chi connectivity index (χ4n) is 2.57. The number of nitrogens with two attached hydrogens (primary N) is 1. The molecule has 0 bridgehead atoms. The zero-order valence-electron chi connectivity index (χ0n) is 12.7. The number of nitrogens with zero attached hydrogens (tertiary/aromatic N) is 3. The Morgan fingerprint density at radius 1 is 1.30 bits per heavy atom. The molecule has 1 aromatic heterocycles. The summed E-state index contributed by atoms with van der Waals surface area (Å²) in [5.41, 5.74) is 7.27. The van der Waals surface area contributed by atoms with Crippen LogP contribution in [-0.4, -0.2) is 53.3 Å². The predicted molar refractivity (Wildman–Crippen MR) is 81.8 cm³/mol. The first-order chi connectivity index (χ1) is 9.35. The molecule has 112 valence electrons. The molecule has 20 heavy (non-hydrogen) atoms. The fourth-order valence-corrected chi connectivity index (χ4v) is 2.57. The topological polar surface area (TPSA) is 65.6 Å². The third-order valence-corrected chi connectivity index (χ3v) is 3.59. The fraction of sp³-hybridized carbons (Fsp3) is 0.667. The van der Waals surface area contributed by atoms with E-state index in [2.05, 4.69) is 20.9 Å². The van der Waals surface area contributed by atoms with Gasteiger partial charge in [0.2, 0.25) is 0 Å². The molecule has 1 unspecified atom stereocenters. The molecule has 0 saturated carbocycles. The Bertz CT molecular complexity index is 416. The van der Waals surface area contributed by atoms with Crippen LogP contribution in [0.4, 0.5) is 5.69 Å². The van der Waals surface area contributed by atoms with Crippen LogP contribution in [0.1, 0.15) is 32.5 Å². The molecule has 0 radical (unpaired) electrons. The van der Waals surface area contributed by atoms with E-state index >= 15 is 0 Å². The van der Waals surface area contributed by atoms with E-state index in [1.807, 2.05) is 33.0 Å². The van der Waals surface area contributed by atoms with Crippen molar-refractivity contribution < 1.29 is 5.11 Å². The Balaban J connectivity index is 1.90. The highest BCUT2D eigenvalue weighted by molar-refractivity contribution is 5.45. The monoisotopic (exact) mass is 278 g/mol. The van der Waals surface area contributed by atoms with E-state index in [0.717, 1.165) is 44.1 Å². The van der Waals surface area contributed by atoms with Crippen molar-refractivity contribution >= 4 is 5.69 Å². The lowest BCUT2D eigenvalue weighted by molar-refractivity contribution is 0.0345. The molecule has 2 rings (SSSR count). The Kier molecular flexibility index (Phi) is 4.62. The van der Waals surface area contributed by atoms with Crippen molar-refractivity contribution in [3.63, 3.8) is 0 Å². The zero-order valence-corrected chi connectivity index (χ0v) is 12.7. The van der Waals surface area contributed by atoms with Gasteiger partial charge in [0, 0.05) is 38.8 Å². The van der Waals surface area contributed by atoms with E-state index in [1.165, 1.54) is 0 Å². The van der Waals surface area contributed by atoms with E-state index in [4.69, 9.17) is 5.73 Å². The van der Waals surface area contributed by atoms with Crippen molar-refractivity contribution in [3.8, 4) is 0 Å². The molecule has 5 heteroatoms. The summed E-state index contributed by atoms with van der Waals surface area (Å²) in [5, 5.41) is 9.86. The number of rotatable bonds is 4. The smallest absolute Gasteiger partial charge is 0.0718 e. The molecule has 0 amide bonds. The summed E-state index contributed by atoms with van der Waals surface area (Å²) in [6.45, 7) is 10.3. The van der Waals surface area contributed by atoms with E-state index in [9.17, 15) is 5.11 Å². The summed E-state index contributed by atoms with van der Waals surface area (Å²) in [4.78, 5) is 9.05. The summed E-state index contributed by atoms with van der Waals surface area (Å²) in [5.74, 6) is 0. The van der Waals surface area contributed by atoms with Crippen LogP contribution in [0.5, 0.6) is 0 Å². The summed E-state index contributed by atoms with van der Waals surface area (Å²) in [6.07, 6.45) is 1.91. The van der Waals surface area contributed by atoms with E-state index < -0.39 is 5.60 Å². The Labute approximate surface area is 121 Å². The number of β-amino-alcohol motifs (C(OH)–C–C–N with tert-alkyl or cyclic N) is 1. The van der Waals surface area contributed by atoms with Crippen molar-refractivity contribution in [2.75, 3.05) is 37.6 Å². The molecule has 0 spiro atoms. The highest BCUT2D eigenvalue weighted by atomic mass is 16.3. The van der Waals surface area contributed by atoms with Gasteiger partial charge in [0.05, 0.1) is 23.2 Å². The summed E-state index contributed by atoms with van der Waals surface area (Å²) in [6, 6.07) is 4.08. The summed E-state index contributed by atoms with van der Waals surface area (Å²) < 4.78 is 0. The molecule has 1 fully saturated rings. The van der Waals surface area contributed by atoms with Crippen LogP contribution >= 0.6 is 0 Å². The van der Waals surface area contributed by atoms with Gasteiger partial charge in [-0.2, -0.15) is 0 Å². The number of hydrogen-bond acceptors (Lipinski definition) is 5. The van der Waals surface area contributed by atoms with Crippen LogP contribution in [0, 0.1) is 0 Å². The average Bonchev–Trinajstić information content (AvgIpc) is 2.38. The van der Waals surface area contributed by atoms with Gasteiger partial charge in [-0.25, -0.2) is 0 Å². The lowest BCUT2D eigenvalue weighted by Crippen LogP contribution is -2.50. The highest BCUT2D eigenvalue weighted by Crippen LogP contribution is 2.18. The first-order valence-corrected chi connectivity index (χ1v) is 7.26. The minimum absolute atomic E-state index is 0.0207. The standard InChI is InChI=1S/C15H26N4O/c1-12(16)14-5-4-13(10-17-14)19-8-6-18(7-9-19)11-15(2,3)20/h4-5,10,12,20H,6-9,11,16H2,1-3H3. The van der Waals surface area contributed by atoms with Crippen LogP contribution in [0.2, 0.25) is 0 Å². The SMILES string of the molecule is CC(N)c1ccc(N2CCN(CC(C)(C)O)CC2)cn1. The van der Waals surface area contributed by atoms with Gasteiger partial charge in [0.1, 0.15) is 0 Å². The number of anilines is 1. The number of aromatic nitrogens is 1. The molecule has 1 aromatic rings. The van der Waals surface area contributed by atoms with Gasteiger partial charge in [-0.3, -0.25) is 9.88 Å². The minimum atomic E-state index is -0.622. The minimum Gasteiger partial charge on any atom is -0.389 e.